The highest BCUT2D eigenvalue weighted by Gasteiger charge is 2.20. The van der Waals surface area contributed by atoms with Crippen molar-refractivity contribution in [3.8, 4) is 0 Å². The van der Waals surface area contributed by atoms with Crippen LogP contribution in [-0.2, 0) is 29.2 Å². The zero-order valence-corrected chi connectivity index (χ0v) is 12.2. The zero-order valence-electron chi connectivity index (χ0n) is 12.2. The summed E-state index contributed by atoms with van der Waals surface area (Å²) in [5.41, 5.74) is 3.76. The lowest BCUT2D eigenvalue weighted by atomic mass is 10.1. The molecule has 1 aromatic rings. The lowest BCUT2D eigenvalue weighted by Crippen LogP contribution is -2.42. The zero-order chi connectivity index (χ0) is 14.7. The van der Waals surface area contributed by atoms with Crippen LogP contribution in [0.15, 0.2) is 18.2 Å². The average Bonchev–Trinajstić information content (AvgIpc) is 2.95. The van der Waals surface area contributed by atoms with Gasteiger partial charge in [-0.3, -0.25) is 9.59 Å². The Morgan fingerprint density at radius 1 is 1.24 bits per heavy atom. The summed E-state index contributed by atoms with van der Waals surface area (Å²) in [6.07, 6.45) is 2.52. The van der Waals surface area contributed by atoms with E-state index in [1.54, 1.807) is 4.90 Å². The van der Waals surface area contributed by atoms with E-state index in [9.17, 15) is 9.59 Å². The van der Waals surface area contributed by atoms with Crippen molar-refractivity contribution < 1.29 is 9.59 Å². The quantitative estimate of drug-likeness (QED) is 0.865. The minimum atomic E-state index is -0.0797. The first-order valence-electron chi connectivity index (χ1n) is 7.58. The minimum absolute atomic E-state index is 0.0797. The monoisotopic (exact) mass is 287 g/mol. The maximum absolute atomic E-state index is 11.9. The van der Waals surface area contributed by atoms with Gasteiger partial charge in [0.25, 0.3) is 0 Å². The fraction of sp³-hybridized carbons (Fsp3) is 0.500. The molecule has 0 atom stereocenters. The second kappa shape index (κ2) is 6.26. The third kappa shape index (κ3) is 3.42. The van der Waals surface area contributed by atoms with Crippen molar-refractivity contribution in [2.75, 3.05) is 13.1 Å². The van der Waals surface area contributed by atoms with Crippen molar-refractivity contribution in [1.82, 2.24) is 15.5 Å². The van der Waals surface area contributed by atoms with Gasteiger partial charge in [-0.1, -0.05) is 18.2 Å². The van der Waals surface area contributed by atoms with E-state index in [0.717, 1.165) is 31.5 Å². The van der Waals surface area contributed by atoms with Crippen LogP contribution in [-0.4, -0.2) is 29.8 Å². The summed E-state index contributed by atoms with van der Waals surface area (Å²) < 4.78 is 0. The van der Waals surface area contributed by atoms with Crippen LogP contribution >= 0.6 is 0 Å². The maximum atomic E-state index is 11.9. The highest BCUT2D eigenvalue weighted by molar-refractivity contribution is 5.85. The van der Waals surface area contributed by atoms with Crippen LogP contribution in [0.3, 0.4) is 0 Å². The molecule has 0 unspecified atom stereocenters. The molecule has 2 aliphatic heterocycles. The summed E-state index contributed by atoms with van der Waals surface area (Å²) in [7, 11) is 0. The summed E-state index contributed by atoms with van der Waals surface area (Å²) in [5, 5.41) is 6.21. The second-order valence-electron chi connectivity index (χ2n) is 5.76. The molecule has 21 heavy (non-hydrogen) atoms. The molecule has 2 N–H and O–H groups in total. The first kappa shape index (κ1) is 14.1. The third-order valence-corrected chi connectivity index (χ3v) is 4.15. The third-order valence-electron chi connectivity index (χ3n) is 4.15. The van der Waals surface area contributed by atoms with E-state index in [4.69, 9.17) is 0 Å². The van der Waals surface area contributed by atoms with Crippen LogP contribution in [0.2, 0.25) is 0 Å². The lowest BCUT2D eigenvalue weighted by molar-refractivity contribution is -0.137. The molecular weight excluding hydrogens is 266 g/mol. The van der Waals surface area contributed by atoms with E-state index in [0.29, 0.717) is 19.5 Å². The van der Waals surface area contributed by atoms with Gasteiger partial charge in [0, 0.05) is 32.6 Å². The highest BCUT2D eigenvalue weighted by Crippen LogP contribution is 2.17. The first-order chi connectivity index (χ1) is 10.2. The molecular formula is C16H21N3O2. The fourth-order valence-corrected chi connectivity index (χ4v) is 2.92. The lowest BCUT2D eigenvalue weighted by Gasteiger charge is -2.25. The Bertz CT molecular complexity index is 556. The number of piperidine rings is 1. The largest absolute Gasteiger partial charge is 0.350 e. The van der Waals surface area contributed by atoms with Crippen molar-refractivity contribution in [1.29, 1.82) is 0 Å². The van der Waals surface area contributed by atoms with E-state index >= 15 is 0 Å². The summed E-state index contributed by atoms with van der Waals surface area (Å²) in [4.78, 5) is 25.3. The molecule has 0 radical (unpaired) electrons. The number of fused-ring (bicyclic) bond motifs is 1. The Morgan fingerprint density at radius 3 is 2.95 bits per heavy atom. The Balaban J connectivity index is 1.50. The van der Waals surface area contributed by atoms with Gasteiger partial charge in [0.15, 0.2) is 0 Å². The molecule has 0 aliphatic carbocycles. The van der Waals surface area contributed by atoms with Gasteiger partial charge in [0.05, 0.1) is 6.54 Å². The van der Waals surface area contributed by atoms with Crippen LogP contribution < -0.4 is 10.6 Å². The van der Waals surface area contributed by atoms with Gasteiger partial charge in [-0.2, -0.15) is 0 Å². The normalized spacial score (nSPS) is 17.7. The average molecular weight is 287 g/mol. The Hall–Kier alpha value is -1.88. The van der Waals surface area contributed by atoms with Gasteiger partial charge in [0.2, 0.25) is 11.8 Å². The summed E-state index contributed by atoms with van der Waals surface area (Å²) in [6, 6.07) is 6.31. The van der Waals surface area contributed by atoms with Crippen LogP contribution in [0.4, 0.5) is 0 Å². The van der Waals surface area contributed by atoms with E-state index in [1.807, 2.05) is 0 Å². The number of amides is 2. The van der Waals surface area contributed by atoms with Crippen molar-refractivity contribution in [2.45, 2.75) is 38.9 Å². The predicted molar refractivity (Wildman–Crippen MR) is 79.3 cm³/mol. The van der Waals surface area contributed by atoms with Crippen LogP contribution in [0.25, 0.3) is 0 Å². The number of hydrogen-bond acceptors (Lipinski definition) is 3. The Kier molecular flexibility index (Phi) is 4.20. The maximum Gasteiger partial charge on any atom is 0.239 e. The van der Waals surface area contributed by atoms with E-state index in [-0.39, 0.29) is 18.4 Å². The van der Waals surface area contributed by atoms with Gasteiger partial charge in [-0.15, -0.1) is 0 Å². The number of hydrogen-bond donors (Lipinski definition) is 2. The van der Waals surface area contributed by atoms with E-state index in [1.165, 1.54) is 11.1 Å². The van der Waals surface area contributed by atoms with E-state index in [2.05, 4.69) is 28.8 Å². The number of carbonyl (C=O) groups is 2. The van der Waals surface area contributed by atoms with E-state index < -0.39 is 0 Å². The number of likely N-dealkylation sites (tertiary alicyclic amines) is 1. The molecule has 5 nitrogen and oxygen atoms in total. The van der Waals surface area contributed by atoms with Gasteiger partial charge in [-0.05, 0) is 29.5 Å². The first-order valence-corrected chi connectivity index (χ1v) is 7.58. The molecule has 0 bridgehead atoms. The summed E-state index contributed by atoms with van der Waals surface area (Å²) in [6.45, 7) is 3.24. The molecule has 5 heteroatoms. The number of carbonyl (C=O) groups excluding carboxylic acids is 2. The van der Waals surface area contributed by atoms with Crippen molar-refractivity contribution in [2.24, 2.45) is 0 Å². The topological polar surface area (TPSA) is 61.4 Å². The van der Waals surface area contributed by atoms with Gasteiger partial charge >= 0.3 is 0 Å². The summed E-state index contributed by atoms with van der Waals surface area (Å²) in [5.74, 6) is 0.0175. The molecule has 1 aromatic carbocycles. The Labute approximate surface area is 124 Å². The number of benzene rings is 1. The second-order valence-corrected chi connectivity index (χ2v) is 5.76. The van der Waals surface area contributed by atoms with Gasteiger partial charge in [0.1, 0.15) is 0 Å². The molecule has 0 spiro atoms. The van der Waals surface area contributed by atoms with Crippen LogP contribution in [0.1, 0.15) is 36.0 Å². The molecule has 2 heterocycles. The van der Waals surface area contributed by atoms with Gasteiger partial charge in [-0.25, -0.2) is 0 Å². The Morgan fingerprint density at radius 2 is 2.10 bits per heavy atom. The number of rotatable bonds is 4. The SMILES string of the molecule is O=C(CN1CCCCC1=O)NCc1ccc2c(c1)CNC2. The fourth-order valence-electron chi connectivity index (χ4n) is 2.92. The van der Waals surface area contributed by atoms with Crippen molar-refractivity contribution in [3.05, 3.63) is 34.9 Å². The number of nitrogens with one attached hydrogen (secondary N) is 2. The van der Waals surface area contributed by atoms with Crippen molar-refractivity contribution >= 4 is 11.8 Å². The molecule has 1 saturated heterocycles. The highest BCUT2D eigenvalue weighted by atomic mass is 16.2. The van der Waals surface area contributed by atoms with Crippen LogP contribution in [0, 0.1) is 0 Å². The molecule has 3 rings (SSSR count). The standard InChI is InChI=1S/C16H21N3O2/c20-15(11-19-6-2-1-3-16(19)21)18-8-12-4-5-13-9-17-10-14(13)7-12/h4-5,7,17H,1-3,6,8-11H2,(H,18,20). The molecule has 2 aliphatic rings. The predicted octanol–water partition coefficient (Wildman–Crippen LogP) is 0.918. The van der Waals surface area contributed by atoms with Gasteiger partial charge < -0.3 is 15.5 Å². The minimum Gasteiger partial charge on any atom is -0.350 e. The smallest absolute Gasteiger partial charge is 0.239 e. The molecule has 0 aromatic heterocycles. The van der Waals surface area contributed by atoms with Crippen LogP contribution in [0.5, 0.6) is 0 Å². The molecule has 1 fully saturated rings. The molecule has 112 valence electrons. The van der Waals surface area contributed by atoms with Crippen molar-refractivity contribution in [3.63, 3.8) is 0 Å². The molecule has 2 amide bonds. The summed E-state index contributed by atoms with van der Waals surface area (Å²) >= 11 is 0. The number of nitrogens with zero attached hydrogens (tertiary/aromatic N) is 1. The molecule has 0 saturated carbocycles.